The molecule has 1 atom stereocenters. The van der Waals surface area contributed by atoms with E-state index in [4.69, 9.17) is 21.6 Å². The van der Waals surface area contributed by atoms with Crippen LogP contribution in [0.15, 0.2) is 24.3 Å². The Morgan fingerprint density at radius 1 is 1.13 bits per heavy atom. The summed E-state index contributed by atoms with van der Waals surface area (Å²) >= 11 is 6.13. The Labute approximate surface area is 190 Å². The van der Waals surface area contributed by atoms with Crippen molar-refractivity contribution in [3.8, 4) is 0 Å². The molecule has 2 aliphatic rings. The lowest BCUT2D eigenvalue weighted by molar-refractivity contribution is -0.121. The van der Waals surface area contributed by atoms with Crippen molar-refractivity contribution < 1.29 is 4.79 Å². The average Bonchev–Trinajstić information content (AvgIpc) is 3.20. The predicted molar refractivity (Wildman–Crippen MR) is 124 cm³/mol. The quantitative estimate of drug-likeness (QED) is 0.705. The fraction of sp³-hybridized carbons (Fsp3) is 0.560. The molecule has 31 heavy (non-hydrogen) atoms. The fourth-order valence-electron chi connectivity index (χ4n) is 4.97. The number of benzene rings is 1. The Hall–Kier alpha value is -1.98. The third kappa shape index (κ3) is 5.83. The summed E-state index contributed by atoms with van der Waals surface area (Å²) in [5.41, 5.74) is 4.09. The molecular formula is C25H33ClN4O. The first kappa shape index (κ1) is 22.2. The normalized spacial score (nSPS) is 20.2. The maximum atomic E-state index is 12.6. The highest BCUT2D eigenvalue weighted by atomic mass is 35.5. The third-order valence-corrected chi connectivity index (χ3v) is 6.91. The molecule has 1 aliphatic heterocycles. The molecule has 2 aromatic rings. The minimum absolute atomic E-state index is 0.100. The van der Waals surface area contributed by atoms with E-state index in [2.05, 4.69) is 16.3 Å². The van der Waals surface area contributed by atoms with Crippen LogP contribution in [0.3, 0.4) is 0 Å². The van der Waals surface area contributed by atoms with Gasteiger partial charge in [-0.3, -0.25) is 9.69 Å². The summed E-state index contributed by atoms with van der Waals surface area (Å²) in [5.74, 6) is 1.35. The van der Waals surface area contributed by atoms with Gasteiger partial charge in [0.2, 0.25) is 5.91 Å². The lowest BCUT2D eigenvalue weighted by atomic mass is 9.95. The first-order valence-electron chi connectivity index (χ1n) is 11.6. The van der Waals surface area contributed by atoms with Crippen molar-refractivity contribution in [2.45, 2.75) is 77.3 Å². The molecule has 0 radical (unpaired) electrons. The van der Waals surface area contributed by atoms with Crippen LogP contribution in [-0.4, -0.2) is 39.9 Å². The molecule has 1 unspecified atom stereocenters. The van der Waals surface area contributed by atoms with E-state index in [0.29, 0.717) is 18.4 Å². The van der Waals surface area contributed by atoms with Gasteiger partial charge in [0.1, 0.15) is 5.82 Å². The maximum Gasteiger partial charge on any atom is 0.224 e. The number of carbonyl (C=O) groups is 1. The first-order chi connectivity index (χ1) is 15.0. The summed E-state index contributed by atoms with van der Waals surface area (Å²) in [5, 5.41) is 4.00. The van der Waals surface area contributed by atoms with Crippen molar-refractivity contribution >= 4 is 17.5 Å². The van der Waals surface area contributed by atoms with E-state index >= 15 is 0 Å². The fourth-order valence-corrected chi connectivity index (χ4v) is 5.18. The summed E-state index contributed by atoms with van der Waals surface area (Å²) in [6.07, 6.45) is 7.37. The van der Waals surface area contributed by atoms with E-state index < -0.39 is 0 Å². The Morgan fingerprint density at radius 2 is 1.87 bits per heavy atom. The molecule has 1 N–H and O–H groups in total. The smallest absolute Gasteiger partial charge is 0.224 e. The number of nitrogens with zero attached hydrogens (tertiary/aromatic N) is 3. The van der Waals surface area contributed by atoms with Gasteiger partial charge in [-0.1, -0.05) is 43.0 Å². The third-order valence-electron chi connectivity index (χ3n) is 6.68. The van der Waals surface area contributed by atoms with Crippen LogP contribution in [0.5, 0.6) is 0 Å². The van der Waals surface area contributed by atoms with Gasteiger partial charge in [0.25, 0.3) is 0 Å². The SMILES string of the molecule is Cc1nc(C2CCN(Cc3cccc(Cl)c3)C2)nc(C)c1CC(=O)NC1CCCCC1. The second-order valence-corrected chi connectivity index (χ2v) is 9.60. The van der Waals surface area contributed by atoms with Crippen LogP contribution in [0.4, 0.5) is 0 Å². The van der Waals surface area contributed by atoms with E-state index in [9.17, 15) is 4.79 Å². The Morgan fingerprint density at radius 3 is 2.58 bits per heavy atom. The molecule has 4 rings (SSSR count). The summed E-state index contributed by atoms with van der Waals surface area (Å²) in [7, 11) is 0. The second kappa shape index (κ2) is 10.1. The zero-order chi connectivity index (χ0) is 21.8. The molecule has 1 amide bonds. The summed E-state index contributed by atoms with van der Waals surface area (Å²) in [6.45, 7) is 6.91. The highest BCUT2D eigenvalue weighted by Gasteiger charge is 2.27. The summed E-state index contributed by atoms with van der Waals surface area (Å²) in [4.78, 5) is 24.7. The number of amides is 1. The van der Waals surface area contributed by atoms with Gasteiger partial charge in [-0.05, 0) is 57.4 Å². The van der Waals surface area contributed by atoms with Crippen molar-refractivity contribution in [1.82, 2.24) is 20.2 Å². The van der Waals surface area contributed by atoms with E-state index in [1.807, 2.05) is 32.0 Å². The van der Waals surface area contributed by atoms with Crippen LogP contribution in [-0.2, 0) is 17.8 Å². The zero-order valence-corrected chi connectivity index (χ0v) is 19.4. The van der Waals surface area contributed by atoms with Gasteiger partial charge < -0.3 is 5.32 Å². The van der Waals surface area contributed by atoms with E-state index in [1.165, 1.54) is 24.8 Å². The largest absolute Gasteiger partial charge is 0.353 e. The minimum Gasteiger partial charge on any atom is -0.353 e. The number of aromatic nitrogens is 2. The van der Waals surface area contributed by atoms with Crippen LogP contribution in [0, 0.1) is 13.8 Å². The zero-order valence-electron chi connectivity index (χ0n) is 18.7. The van der Waals surface area contributed by atoms with Crippen LogP contribution in [0.2, 0.25) is 5.02 Å². The molecule has 1 aromatic carbocycles. The standard InChI is InChI=1S/C25H33ClN4O/c1-17-23(14-24(31)29-22-9-4-3-5-10-22)18(2)28-25(27-17)20-11-12-30(16-20)15-19-7-6-8-21(26)13-19/h6-8,13,20,22H,3-5,9-12,14-16H2,1-2H3,(H,29,31). The molecule has 0 spiro atoms. The van der Waals surface area contributed by atoms with Crippen molar-refractivity contribution in [3.63, 3.8) is 0 Å². The molecule has 1 aromatic heterocycles. The molecule has 2 heterocycles. The summed E-state index contributed by atoms with van der Waals surface area (Å²) in [6, 6.07) is 8.41. The van der Waals surface area contributed by atoms with Gasteiger partial charge in [0.15, 0.2) is 0 Å². The lowest BCUT2D eigenvalue weighted by Crippen LogP contribution is -2.37. The van der Waals surface area contributed by atoms with Gasteiger partial charge in [-0.25, -0.2) is 9.97 Å². The summed E-state index contributed by atoms with van der Waals surface area (Å²) < 4.78 is 0. The van der Waals surface area contributed by atoms with Crippen molar-refractivity contribution in [2.75, 3.05) is 13.1 Å². The predicted octanol–water partition coefficient (Wildman–Crippen LogP) is 4.73. The number of hydrogen-bond donors (Lipinski definition) is 1. The molecule has 0 bridgehead atoms. The van der Waals surface area contributed by atoms with Crippen molar-refractivity contribution in [3.05, 3.63) is 57.6 Å². The molecular weight excluding hydrogens is 408 g/mol. The van der Waals surface area contributed by atoms with Gasteiger partial charge in [-0.15, -0.1) is 0 Å². The molecule has 2 fully saturated rings. The number of aryl methyl sites for hydroxylation is 2. The number of nitrogens with one attached hydrogen (secondary N) is 1. The molecule has 6 heteroatoms. The molecule has 1 aliphatic carbocycles. The topological polar surface area (TPSA) is 58.1 Å². The van der Waals surface area contributed by atoms with Crippen LogP contribution in [0.25, 0.3) is 0 Å². The van der Waals surface area contributed by atoms with Crippen LogP contribution in [0.1, 0.15) is 72.8 Å². The number of halogens is 1. The minimum atomic E-state index is 0.100. The number of rotatable bonds is 6. The van der Waals surface area contributed by atoms with Gasteiger partial charge >= 0.3 is 0 Å². The molecule has 166 valence electrons. The Kier molecular flexibility index (Phi) is 7.24. The van der Waals surface area contributed by atoms with Gasteiger partial charge in [0, 0.05) is 47.0 Å². The Bertz CT molecular complexity index is 902. The highest BCUT2D eigenvalue weighted by molar-refractivity contribution is 6.30. The number of carbonyl (C=O) groups excluding carboxylic acids is 1. The van der Waals surface area contributed by atoms with Crippen LogP contribution < -0.4 is 5.32 Å². The second-order valence-electron chi connectivity index (χ2n) is 9.16. The average molecular weight is 441 g/mol. The highest BCUT2D eigenvalue weighted by Crippen LogP contribution is 2.28. The van der Waals surface area contributed by atoms with Crippen molar-refractivity contribution in [2.24, 2.45) is 0 Å². The van der Waals surface area contributed by atoms with Crippen molar-refractivity contribution in [1.29, 1.82) is 0 Å². The number of hydrogen-bond acceptors (Lipinski definition) is 4. The molecule has 5 nitrogen and oxygen atoms in total. The van der Waals surface area contributed by atoms with E-state index in [0.717, 1.165) is 66.7 Å². The molecule has 1 saturated carbocycles. The van der Waals surface area contributed by atoms with Gasteiger partial charge in [-0.2, -0.15) is 0 Å². The van der Waals surface area contributed by atoms with Gasteiger partial charge in [0.05, 0.1) is 6.42 Å². The van der Waals surface area contributed by atoms with Crippen LogP contribution >= 0.6 is 11.6 Å². The van der Waals surface area contributed by atoms with E-state index in [-0.39, 0.29) is 5.91 Å². The first-order valence-corrected chi connectivity index (χ1v) is 12.0. The maximum absolute atomic E-state index is 12.6. The molecule has 1 saturated heterocycles. The number of likely N-dealkylation sites (tertiary alicyclic amines) is 1. The Balaban J connectivity index is 1.37. The monoisotopic (exact) mass is 440 g/mol. The lowest BCUT2D eigenvalue weighted by Gasteiger charge is -2.23. The van der Waals surface area contributed by atoms with E-state index in [1.54, 1.807) is 0 Å².